The largest absolute Gasteiger partial charge is 0.444 e. The Morgan fingerprint density at radius 1 is 1.38 bits per heavy atom. The minimum Gasteiger partial charge on any atom is -0.444 e. The van der Waals surface area contributed by atoms with Crippen LogP contribution in [-0.2, 0) is 15.9 Å². The molecular weight excluding hydrogens is 330 g/mol. The van der Waals surface area contributed by atoms with Gasteiger partial charge in [-0.1, -0.05) is 23.7 Å². The molecule has 0 bridgehead atoms. The molecule has 1 fully saturated rings. The number of ketones is 1. The number of rotatable bonds is 3. The van der Waals surface area contributed by atoms with E-state index in [0.29, 0.717) is 36.7 Å². The highest BCUT2D eigenvalue weighted by Gasteiger charge is 2.29. The monoisotopic (exact) mass is 353 g/mol. The summed E-state index contributed by atoms with van der Waals surface area (Å²) in [5.74, 6) is -0.0737. The van der Waals surface area contributed by atoms with Crippen molar-refractivity contribution in [3.8, 4) is 0 Å². The van der Waals surface area contributed by atoms with E-state index in [4.69, 9.17) is 21.1 Å². The molecule has 1 aliphatic rings. The molecule has 1 heterocycles. The van der Waals surface area contributed by atoms with Crippen molar-refractivity contribution in [1.82, 2.24) is 4.90 Å². The highest BCUT2D eigenvalue weighted by atomic mass is 35.5. The fourth-order valence-corrected chi connectivity index (χ4v) is 3.04. The number of carbonyl (C=O) groups excluding carboxylic acids is 2. The molecule has 1 amide bonds. The van der Waals surface area contributed by atoms with Gasteiger partial charge in [0.1, 0.15) is 5.60 Å². The second kappa shape index (κ2) is 7.53. The molecule has 0 radical (unpaired) electrons. The number of Topliss-reactive ketones (excluding diaryl/α,β-unsaturated/α-hetero) is 1. The molecule has 0 saturated carbocycles. The van der Waals surface area contributed by atoms with E-state index in [0.717, 1.165) is 5.56 Å². The molecule has 0 spiro atoms. The van der Waals surface area contributed by atoms with Crippen molar-refractivity contribution in [1.29, 1.82) is 0 Å². The third-order valence-electron chi connectivity index (χ3n) is 3.69. The third kappa shape index (κ3) is 4.95. The van der Waals surface area contributed by atoms with Crippen molar-refractivity contribution in [3.63, 3.8) is 0 Å². The summed E-state index contributed by atoms with van der Waals surface area (Å²) in [6, 6.07) is 5.40. The van der Waals surface area contributed by atoms with Crippen LogP contribution in [0.15, 0.2) is 18.2 Å². The van der Waals surface area contributed by atoms with E-state index in [1.165, 1.54) is 6.92 Å². The third-order valence-corrected chi connectivity index (χ3v) is 4.00. The molecule has 5 nitrogen and oxygen atoms in total. The molecule has 1 aliphatic heterocycles. The van der Waals surface area contributed by atoms with Crippen LogP contribution in [-0.4, -0.2) is 48.2 Å². The van der Waals surface area contributed by atoms with Crippen LogP contribution < -0.4 is 0 Å². The molecule has 0 aliphatic carbocycles. The zero-order chi connectivity index (χ0) is 17.9. The Labute approximate surface area is 147 Å². The quantitative estimate of drug-likeness (QED) is 0.777. The molecule has 132 valence electrons. The Balaban J connectivity index is 2.08. The SMILES string of the molecule is CC(=O)c1c(Cl)cccc1CC1CN(C(=O)OC(C)(C)C)CCO1. The summed E-state index contributed by atoms with van der Waals surface area (Å²) < 4.78 is 11.2. The van der Waals surface area contributed by atoms with Crippen LogP contribution in [0.3, 0.4) is 0 Å². The highest BCUT2D eigenvalue weighted by molar-refractivity contribution is 6.34. The van der Waals surface area contributed by atoms with E-state index in [9.17, 15) is 9.59 Å². The summed E-state index contributed by atoms with van der Waals surface area (Å²) in [5, 5.41) is 0.444. The second-order valence-corrected chi connectivity index (χ2v) is 7.36. The number of ether oxygens (including phenoxy) is 2. The lowest BCUT2D eigenvalue weighted by Crippen LogP contribution is -2.48. The Hall–Kier alpha value is -1.59. The summed E-state index contributed by atoms with van der Waals surface area (Å²) >= 11 is 6.15. The van der Waals surface area contributed by atoms with E-state index < -0.39 is 5.60 Å². The van der Waals surface area contributed by atoms with Crippen LogP contribution in [0.2, 0.25) is 5.02 Å². The zero-order valence-electron chi connectivity index (χ0n) is 14.6. The molecule has 1 aromatic rings. The highest BCUT2D eigenvalue weighted by Crippen LogP contribution is 2.23. The van der Waals surface area contributed by atoms with Crippen molar-refractivity contribution in [2.24, 2.45) is 0 Å². The molecule has 6 heteroatoms. The number of morpholine rings is 1. The number of hydrogen-bond donors (Lipinski definition) is 0. The van der Waals surface area contributed by atoms with Crippen molar-refractivity contribution in [2.75, 3.05) is 19.7 Å². The average Bonchev–Trinajstić information content (AvgIpc) is 2.45. The fourth-order valence-electron chi connectivity index (χ4n) is 2.71. The lowest BCUT2D eigenvalue weighted by atomic mass is 9.98. The van der Waals surface area contributed by atoms with Crippen LogP contribution >= 0.6 is 11.6 Å². The van der Waals surface area contributed by atoms with Crippen molar-refractivity contribution in [2.45, 2.75) is 45.8 Å². The number of hydrogen-bond acceptors (Lipinski definition) is 4. The van der Waals surface area contributed by atoms with Gasteiger partial charge >= 0.3 is 6.09 Å². The van der Waals surface area contributed by atoms with Gasteiger partial charge in [0.05, 0.1) is 24.3 Å². The number of nitrogens with zero attached hydrogens (tertiary/aromatic N) is 1. The number of carbonyl (C=O) groups is 2. The van der Waals surface area contributed by atoms with Crippen LogP contribution in [0.1, 0.15) is 43.6 Å². The van der Waals surface area contributed by atoms with Gasteiger partial charge in [-0.25, -0.2) is 4.79 Å². The Morgan fingerprint density at radius 3 is 2.71 bits per heavy atom. The average molecular weight is 354 g/mol. The number of benzene rings is 1. The molecule has 0 aromatic heterocycles. The molecule has 1 aromatic carbocycles. The summed E-state index contributed by atoms with van der Waals surface area (Å²) in [5.41, 5.74) is 0.836. The van der Waals surface area contributed by atoms with Crippen LogP contribution in [0.5, 0.6) is 0 Å². The summed E-state index contributed by atoms with van der Waals surface area (Å²) in [4.78, 5) is 25.7. The lowest BCUT2D eigenvalue weighted by Gasteiger charge is -2.34. The van der Waals surface area contributed by atoms with Gasteiger partial charge in [-0.2, -0.15) is 0 Å². The topological polar surface area (TPSA) is 55.8 Å². The van der Waals surface area contributed by atoms with Gasteiger partial charge in [-0.05, 0) is 39.3 Å². The van der Waals surface area contributed by atoms with Crippen molar-refractivity contribution >= 4 is 23.5 Å². The molecule has 1 unspecified atom stereocenters. The standard InChI is InChI=1S/C18H24ClNO4/c1-12(21)16-13(6-5-7-15(16)19)10-14-11-20(8-9-23-14)17(22)24-18(2,3)4/h5-7,14H,8-11H2,1-4H3. The summed E-state index contributed by atoms with van der Waals surface area (Å²) in [6.45, 7) is 8.40. The van der Waals surface area contributed by atoms with E-state index >= 15 is 0 Å². The van der Waals surface area contributed by atoms with Crippen LogP contribution in [0, 0.1) is 0 Å². The minimum absolute atomic E-state index is 0.0737. The first-order valence-electron chi connectivity index (χ1n) is 8.05. The van der Waals surface area contributed by atoms with Crippen molar-refractivity contribution < 1.29 is 19.1 Å². The fraction of sp³-hybridized carbons (Fsp3) is 0.556. The van der Waals surface area contributed by atoms with Gasteiger partial charge in [0.15, 0.2) is 5.78 Å². The van der Waals surface area contributed by atoms with Gasteiger partial charge in [0.2, 0.25) is 0 Å². The Kier molecular flexibility index (Phi) is 5.88. The summed E-state index contributed by atoms with van der Waals surface area (Å²) in [7, 11) is 0. The van der Waals surface area contributed by atoms with Gasteiger partial charge in [0, 0.05) is 18.5 Å². The first-order chi connectivity index (χ1) is 11.2. The number of amides is 1. The maximum absolute atomic E-state index is 12.2. The number of halogens is 1. The molecular formula is C18H24ClNO4. The Morgan fingerprint density at radius 2 is 2.08 bits per heavy atom. The molecule has 1 atom stereocenters. The second-order valence-electron chi connectivity index (χ2n) is 6.95. The predicted octanol–water partition coefficient (Wildman–Crippen LogP) is 3.72. The maximum Gasteiger partial charge on any atom is 0.410 e. The zero-order valence-corrected chi connectivity index (χ0v) is 15.4. The normalized spacial score (nSPS) is 18.4. The van der Waals surface area contributed by atoms with Crippen LogP contribution in [0.4, 0.5) is 4.79 Å². The molecule has 2 rings (SSSR count). The minimum atomic E-state index is -0.528. The smallest absolute Gasteiger partial charge is 0.410 e. The van der Waals surface area contributed by atoms with E-state index in [1.807, 2.05) is 32.9 Å². The van der Waals surface area contributed by atoms with E-state index in [1.54, 1.807) is 11.0 Å². The Bertz CT molecular complexity index is 624. The van der Waals surface area contributed by atoms with Gasteiger partial charge in [0.25, 0.3) is 0 Å². The van der Waals surface area contributed by atoms with Crippen LogP contribution in [0.25, 0.3) is 0 Å². The molecule has 24 heavy (non-hydrogen) atoms. The van der Waals surface area contributed by atoms with Gasteiger partial charge in [-0.15, -0.1) is 0 Å². The molecule has 0 N–H and O–H groups in total. The maximum atomic E-state index is 12.2. The van der Waals surface area contributed by atoms with E-state index in [-0.39, 0.29) is 18.0 Å². The van der Waals surface area contributed by atoms with Gasteiger partial charge in [-0.3, -0.25) is 4.79 Å². The predicted molar refractivity (Wildman–Crippen MR) is 92.7 cm³/mol. The summed E-state index contributed by atoms with van der Waals surface area (Å²) in [6.07, 6.45) is -0.00841. The van der Waals surface area contributed by atoms with E-state index in [2.05, 4.69) is 0 Å². The first kappa shape index (κ1) is 18.7. The van der Waals surface area contributed by atoms with Gasteiger partial charge < -0.3 is 14.4 Å². The lowest BCUT2D eigenvalue weighted by molar-refractivity contribution is -0.0415. The molecule has 1 saturated heterocycles. The van der Waals surface area contributed by atoms with Crippen molar-refractivity contribution in [3.05, 3.63) is 34.3 Å². The first-order valence-corrected chi connectivity index (χ1v) is 8.43.